The number of nitrogens with one attached hydrogen (secondary N) is 2. The van der Waals surface area contributed by atoms with Gasteiger partial charge in [0.25, 0.3) is 11.1 Å². The molecule has 0 aliphatic heterocycles. The van der Waals surface area contributed by atoms with Crippen molar-refractivity contribution in [1.82, 2.24) is 19.7 Å². The molecule has 0 aliphatic carbocycles. The minimum atomic E-state index is -0.369. The van der Waals surface area contributed by atoms with Gasteiger partial charge in [-0.2, -0.15) is 5.26 Å². The lowest BCUT2D eigenvalue weighted by atomic mass is 10.2. The van der Waals surface area contributed by atoms with Gasteiger partial charge in [-0.3, -0.25) is 9.36 Å². The molecule has 0 spiro atoms. The number of aromatic amines is 1. The third-order valence-corrected chi connectivity index (χ3v) is 5.55. The van der Waals surface area contributed by atoms with Crippen LogP contribution in [0.5, 0.6) is 0 Å². The molecule has 0 atom stereocenters. The third kappa shape index (κ3) is 4.08. The fraction of sp³-hybridized carbons (Fsp3) is 0.143. The highest BCUT2D eigenvalue weighted by atomic mass is 32.2. The fourth-order valence-corrected chi connectivity index (χ4v) is 3.67. The van der Waals surface area contributed by atoms with Crippen LogP contribution in [0.15, 0.2) is 52.2 Å². The largest absolute Gasteiger partial charge is 0.410 e. The first-order chi connectivity index (χ1) is 15.0. The van der Waals surface area contributed by atoms with Crippen molar-refractivity contribution in [2.75, 3.05) is 11.1 Å². The van der Waals surface area contributed by atoms with Crippen LogP contribution in [0.4, 0.5) is 10.2 Å². The molecule has 0 bridgehead atoms. The van der Waals surface area contributed by atoms with Gasteiger partial charge in [0.2, 0.25) is 5.91 Å². The molecule has 10 heteroatoms. The van der Waals surface area contributed by atoms with E-state index >= 15 is 0 Å². The van der Waals surface area contributed by atoms with E-state index in [4.69, 9.17) is 4.42 Å². The molecule has 1 aromatic carbocycles. The van der Waals surface area contributed by atoms with Gasteiger partial charge < -0.3 is 14.7 Å². The number of anilines is 1. The normalized spacial score (nSPS) is 10.8. The van der Waals surface area contributed by atoms with Crippen LogP contribution in [0.2, 0.25) is 0 Å². The van der Waals surface area contributed by atoms with Crippen LogP contribution in [0, 0.1) is 31.0 Å². The van der Waals surface area contributed by atoms with Gasteiger partial charge in [-0.15, -0.1) is 10.2 Å². The highest BCUT2D eigenvalue weighted by Gasteiger charge is 2.21. The van der Waals surface area contributed by atoms with E-state index in [-0.39, 0.29) is 22.7 Å². The van der Waals surface area contributed by atoms with Gasteiger partial charge in [-0.1, -0.05) is 11.8 Å². The summed E-state index contributed by atoms with van der Waals surface area (Å²) < 4.78 is 20.6. The Labute approximate surface area is 181 Å². The second-order valence-corrected chi connectivity index (χ2v) is 7.58. The number of thioether (sulfide) groups is 1. The molecule has 3 aromatic heterocycles. The first-order valence-corrected chi connectivity index (χ1v) is 10.2. The van der Waals surface area contributed by atoms with Gasteiger partial charge in [0.05, 0.1) is 11.3 Å². The van der Waals surface area contributed by atoms with Crippen molar-refractivity contribution in [2.24, 2.45) is 0 Å². The highest BCUT2D eigenvalue weighted by Crippen LogP contribution is 2.30. The molecule has 0 fully saturated rings. The molecular formula is C21H17FN6O2S. The highest BCUT2D eigenvalue weighted by molar-refractivity contribution is 7.99. The number of halogens is 1. The SMILES string of the molecule is Cc1c(C#N)c(NC(=O)CSc2nnc(-c3ccc[nH]3)o2)n(-c2ccc(F)cc2)c1C. The summed E-state index contributed by atoms with van der Waals surface area (Å²) in [6.45, 7) is 3.64. The summed E-state index contributed by atoms with van der Waals surface area (Å²) in [5.74, 6) is -0.0411. The second kappa shape index (κ2) is 8.49. The number of amides is 1. The maximum atomic E-state index is 13.4. The van der Waals surface area contributed by atoms with Crippen LogP contribution >= 0.6 is 11.8 Å². The van der Waals surface area contributed by atoms with E-state index in [1.807, 2.05) is 13.0 Å². The minimum absolute atomic E-state index is 0.00389. The van der Waals surface area contributed by atoms with Gasteiger partial charge in [0, 0.05) is 17.6 Å². The van der Waals surface area contributed by atoms with Crippen molar-refractivity contribution in [1.29, 1.82) is 5.26 Å². The average Bonchev–Trinajstić information content (AvgIpc) is 3.49. The summed E-state index contributed by atoms with van der Waals surface area (Å²) in [5, 5.41) is 20.6. The van der Waals surface area contributed by atoms with Crippen LogP contribution in [0.1, 0.15) is 16.8 Å². The van der Waals surface area contributed by atoms with Gasteiger partial charge >= 0.3 is 0 Å². The van der Waals surface area contributed by atoms with Gasteiger partial charge in [0.15, 0.2) is 0 Å². The van der Waals surface area contributed by atoms with Crippen LogP contribution in [-0.4, -0.2) is 31.4 Å². The summed E-state index contributed by atoms with van der Waals surface area (Å²) in [7, 11) is 0. The van der Waals surface area contributed by atoms with Crippen molar-refractivity contribution < 1.29 is 13.6 Å². The zero-order valence-corrected chi connectivity index (χ0v) is 17.5. The smallest absolute Gasteiger partial charge is 0.277 e. The Hall–Kier alpha value is -3.84. The molecule has 0 aliphatic rings. The van der Waals surface area contributed by atoms with Crippen molar-refractivity contribution in [3.05, 3.63) is 65.2 Å². The van der Waals surface area contributed by atoms with Gasteiger partial charge in [0.1, 0.15) is 23.4 Å². The molecule has 3 heterocycles. The molecule has 156 valence electrons. The molecule has 0 unspecified atom stereocenters. The molecule has 4 rings (SSSR count). The molecule has 0 saturated carbocycles. The van der Waals surface area contributed by atoms with Crippen LogP contribution in [-0.2, 0) is 4.79 Å². The Morgan fingerprint density at radius 2 is 2.06 bits per heavy atom. The van der Waals surface area contributed by atoms with Crippen LogP contribution < -0.4 is 5.32 Å². The number of carbonyl (C=O) groups is 1. The number of aromatic nitrogens is 4. The standard InChI is InChI=1S/C21H17FN6O2S/c1-12-13(2)28(15-7-5-14(22)6-8-15)19(16(12)10-23)25-18(29)11-31-21-27-26-20(30-21)17-4-3-9-24-17/h3-9,24H,11H2,1-2H3,(H,25,29). The van der Waals surface area contributed by atoms with E-state index in [1.54, 1.807) is 35.9 Å². The Balaban J connectivity index is 1.53. The molecule has 1 amide bonds. The van der Waals surface area contributed by atoms with E-state index in [2.05, 4.69) is 26.6 Å². The molecule has 4 aromatic rings. The van der Waals surface area contributed by atoms with Crippen molar-refractivity contribution >= 4 is 23.5 Å². The number of nitrogens with zero attached hydrogens (tertiary/aromatic N) is 4. The summed E-state index contributed by atoms with van der Waals surface area (Å²) in [6.07, 6.45) is 1.74. The first kappa shape index (κ1) is 20.4. The Morgan fingerprint density at radius 1 is 1.29 bits per heavy atom. The summed E-state index contributed by atoms with van der Waals surface area (Å²) in [4.78, 5) is 15.6. The molecule has 0 saturated heterocycles. The Morgan fingerprint density at radius 3 is 2.74 bits per heavy atom. The van der Waals surface area contributed by atoms with Crippen molar-refractivity contribution in [2.45, 2.75) is 19.1 Å². The average molecular weight is 436 g/mol. The maximum absolute atomic E-state index is 13.4. The van der Waals surface area contributed by atoms with E-state index < -0.39 is 0 Å². The lowest BCUT2D eigenvalue weighted by Crippen LogP contribution is -2.17. The summed E-state index contributed by atoms with van der Waals surface area (Å²) in [6, 6.07) is 11.6. The molecule has 8 nitrogen and oxygen atoms in total. The number of benzene rings is 1. The van der Waals surface area contributed by atoms with Gasteiger partial charge in [-0.05, 0) is 55.8 Å². The zero-order chi connectivity index (χ0) is 22.0. The predicted molar refractivity (Wildman–Crippen MR) is 113 cm³/mol. The van der Waals surface area contributed by atoms with E-state index in [1.165, 1.54) is 12.1 Å². The summed E-state index contributed by atoms with van der Waals surface area (Å²) >= 11 is 1.09. The topological polar surface area (TPSA) is 113 Å². The number of nitriles is 1. The maximum Gasteiger partial charge on any atom is 0.277 e. The Kier molecular flexibility index (Phi) is 5.60. The van der Waals surface area contributed by atoms with Crippen molar-refractivity contribution in [3.8, 4) is 23.3 Å². The van der Waals surface area contributed by atoms with E-state index in [0.29, 0.717) is 28.7 Å². The van der Waals surface area contributed by atoms with Crippen LogP contribution in [0.25, 0.3) is 17.3 Å². The number of H-pyrrole nitrogens is 1. The second-order valence-electron chi connectivity index (χ2n) is 6.65. The third-order valence-electron chi connectivity index (χ3n) is 4.73. The number of hydrogen-bond donors (Lipinski definition) is 2. The minimum Gasteiger partial charge on any atom is -0.410 e. The van der Waals surface area contributed by atoms with E-state index in [9.17, 15) is 14.4 Å². The molecule has 0 radical (unpaired) electrons. The lowest BCUT2D eigenvalue weighted by molar-refractivity contribution is -0.113. The van der Waals surface area contributed by atoms with Crippen LogP contribution in [0.3, 0.4) is 0 Å². The van der Waals surface area contributed by atoms with Crippen molar-refractivity contribution in [3.63, 3.8) is 0 Å². The number of hydrogen-bond acceptors (Lipinski definition) is 6. The molecule has 31 heavy (non-hydrogen) atoms. The number of carbonyl (C=O) groups excluding carboxylic acids is 1. The first-order valence-electron chi connectivity index (χ1n) is 9.25. The zero-order valence-electron chi connectivity index (χ0n) is 16.6. The monoisotopic (exact) mass is 436 g/mol. The molecular weight excluding hydrogens is 419 g/mol. The summed E-state index contributed by atoms with van der Waals surface area (Å²) in [5.41, 5.74) is 3.19. The quantitative estimate of drug-likeness (QED) is 0.438. The fourth-order valence-electron chi connectivity index (χ4n) is 3.11. The number of rotatable bonds is 6. The predicted octanol–water partition coefficient (Wildman–Crippen LogP) is 4.21. The Bertz CT molecular complexity index is 1270. The van der Waals surface area contributed by atoms with E-state index in [0.717, 1.165) is 23.0 Å². The molecule has 2 N–H and O–H groups in total. The lowest BCUT2D eigenvalue weighted by Gasteiger charge is -2.13. The van der Waals surface area contributed by atoms with Gasteiger partial charge in [-0.25, -0.2) is 4.39 Å².